The number of hydrogen-bond donors (Lipinski definition) is 1. The van der Waals surface area contributed by atoms with Gasteiger partial charge in [-0.05, 0) is 54.4 Å². The first-order chi connectivity index (χ1) is 14.8. The van der Waals surface area contributed by atoms with Gasteiger partial charge in [0.15, 0.2) is 0 Å². The summed E-state index contributed by atoms with van der Waals surface area (Å²) >= 11 is 18.2. The Morgan fingerprint density at radius 1 is 1.03 bits per heavy atom. The molecule has 8 heteroatoms. The standard InChI is InChI=1S/C23H15Cl3N2O3/c1-12-4-6-15(24)10-18(12)28-20(14-3-2-8-27-11-14)19(22(30)23(28)31)21(29)13-5-7-16(25)17(26)9-13/h2-11,20,29H,1H3/b21-19+. The molecule has 31 heavy (non-hydrogen) atoms. The molecule has 1 N–H and O–H groups in total. The number of pyridine rings is 1. The first kappa shape index (κ1) is 21.4. The molecule has 4 rings (SSSR count). The first-order valence-electron chi connectivity index (χ1n) is 9.22. The van der Waals surface area contributed by atoms with Crippen LogP contribution >= 0.6 is 34.8 Å². The molecular weight excluding hydrogens is 459 g/mol. The quantitative estimate of drug-likeness (QED) is 0.289. The van der Waals surface area contributed by atoms with Gasteiger partial charge in [-0.15, -0.1) is 0 Å². The maximum atomic E-state index is 13.1. The number of anilines is 1. The predicted octanol–water partition coefficient (Wildman–Crippen LogP) is 5.98. The van der Waals surface area contributed by atoms with Gasteiger partial charge in [0, 0.05) is 28.7 Å². The Kier molecular flexibility index (Phi) is 5.75. The van der Waals surface area contributed by atoms with Crippen molar-refractivity contribution in [2.75, 3.05) is 4.90 Å². The number of carbonyl (C=O) groups is 2. The smallest absolute Gasteiger partial charge is 0.300 e. The Morgan fingerprint density at radius 2 is 1.81 bits per heavy atom. The second-order valence-electron chi connectivity index (χ2n) is 7.02. The van der Waals surface area contributed by atoms with E-state index >= 15 is 0 Å². The molecule has 1 aliphatic rings. The fourth-order valence-electron chi connectivity index (χ4n) is 3.58. The van der Waals surface area contributed by atoms with Crippen molar-refractivity contribution in [1.29, 1.82) is 0 Å². The molecule has 1 saturated heterocycles. The Hall–Kier alpha value is -2.86. The third-order valence-electron chi connectivity index (χ3n) is 5.07. The molecule has 1 amide bonds. The summed E-state index contributed by atoms with van der Waals surface area (Å²) in [7, 11) is 0. The van der Waals surface area contributed by atoms with E-state index in [4.69, 9.17) is 34.8 Å². The van der Waals surface area contributed by atoms with E-state index < -0.39 is 17.7 Å². The molecule has 0 radical (unpaired) electrons. The second-order valence-corrected chi connectivity index (χ2v) is 8.27. The average Bonchev–Trinajstić information content (AvgIpc) is 3.02. The highest BCUT2D eigenvalue weighted by atomic mass is 35.5. The lowest BCUT2D eigenvalue weighted by Crippen LogP contribution is -2.30. The number of ketones is 1. The first-order valence-corrected chi connectivity index (χ1v) is 10.4. The van der Waals surface area contributed by atoms with E-state index in [1.807, 2.05) is 6.92 Å². The molecule has 1 aliphatic heterocycles. The van der Waals surface area contributed by atoms with E-state index in [-0.39, 0.29) is 21.9 Å². The maximum absolute atomic E-state index is 13.1. The number of nitrogens with zero attached hydrogens (tertiary/aromatic N) is 2. The molecule has 2 heterocycles. The zero-order chi connectivity index (χ0) is 22.3. The minimum Gasteiger partial charge on any atom is -0.507 e. The highest BCUT2D eigenvalue weighted by Crippen LogP contribution is 2.43. The summed E-state index contributed by atoms with van der Waals surface area (Å²) < 4.78 is 0. The van der Waals surface area contributed by atoms with Crippen LogP contribution in [0.15, 0.2) is 66.5 Å². The lowest BCUT2D eigenvalue weighted by atomic mass is 9.96. The third-order valence-corrected chi connectivity index (χ3v) is 6.04. The lowest BCUT2D eigenvalue weighted by Gasteiger charge is -2.26. The van der Waals surface area contributed by atoms with Crippen molar-refractivity contribution >= 4 is 57.9 Å². The van der Waals surface area contributed by atoms with Crippen molar-refractivity contribution in [2.45, 2.75) is 13.0 Å². The van der Waals surface area contributed by atoms with Crippen LogP contribution in [0.2, 0.25) is 15.1 Å². The minimum atomic E-state index is -0.902. The molecule has 1 atom stereocenters. The number of amides is 1. The molecule has 5 nitrogen and oxygen atoms in total. The van der Waals surface area contributed by atoms with Crippen LogP contribution in [-0.2, 0) is 9.59 Å². The van der Waals surface area contributed by atoms with Crippen LogP contribution < -0.4 is 4.90 Å². The number of aliphatic hydroxyl groups excluding tert-OH is 1. The molecule has 0 saturated carbocycles. The number of aliphatic hydroxyl groups is 1. The van der Waals surface area contributed by atoms with Gasteiger partial charge in [-0.3, -0.25) is 19.5 Å². The van der Waals surface area contributed by atoms with Gasteiger partial charge in [0.25, 0.3) is 11.7 Å². The summed E-state index contributed by atoms with van der Waals surface area (Å²) in [4.78, 5) is 31.7. The van der Waals surface area contributed by atoms with Crippen LogP contribution in [0.25, 0.3) is 5.76 Å². The Labute approximate surface area is 193 Å². The molecule has 0 spiro atoms. The molecular formula is C23H15Cl3N2O3. The minimum absolute atomic E-state index is 0.0734. The van der Waals surface area contributed by atoms with Crippen LogP contribution in [0.3, 0.4) is 0 Å². The monoisotopic (exact) mass is 472 g/mol. The van der Waals surface area contributed by atoms with Crippen molar-refractivity contribution in [3.63, 3.8) is 0 Å². The fourth-order valence-corrected chi connectivity index (χ4v) is 4.04. The third kappa shape index (κ3) is 3.81. The van der Waals surface area contributed by atoms with Crippen LogP contribution in [0.1, 0.15) is 22.7 Å². The van der Waals surface area contributed by atoms with Crippen molar-refractivity contribution in [3.8, 4) is 0 Å². The fraction of sp³-hybridized carbons (Fsp3) is 0.0870. The molecule has 1 unspecified atom stereocenters. The number of halogens is 3. The summed E-state index contributed by atoms with van der Waals surface area (Å²) in [5.41, 5.74) is 1.97. The summed E-state index contributed by atoms with van der Waals surface area (Å²) in [6, 6.07) is 12.1. The zero-order valence-corrected chi connectivity index (χ0v) is 18.4. The van der Waals surface area contributed by atoms with E-state index in [0.29, 0.717) is 21.3 Å². The number of Topliss-reactive ketones (excluding diaryl/α,β-unsaturated/α-hetero) is 1. The summed E-state index contributed by atoms with van der Waals surface area (Å²) in [5.74, 6) is -1.95. The van der Waals surface area contributed by atoms with Crippen LogP contribution in [0.5, 0.6) is 0 Å². The van der Waals surface area contributed by atoms with Gasteiger partial charge < -0.3 is 5.11 Å². The molecule has 2 aromatic carbocycles. The van der Waals surface area contributed by atoms with Gasteiger partial charge in [-0.1, -0.05) is 46.9 Å². The topological polar surface area (TPSA) is 70.5 Å². The summed E-state index contributed by atoms with van der Waals surface area (Å²) in [6.07, 6.45) is 3.13. The highest BCUT2D eigenvalue weighted by Gasteiger charge is 2.47. The largest absolute Gasteiger partial charge is 0.507 e. The highest BCUT2D eigenvalue weighted by molar-refractivity contribution is 6.52. The molecule has 1 aromatic heterocycles. The number of benzene rings is 2. The predicted molar refractivity (Wildman–Crippen MR) is 122 cm³/mol. The van der Waals surface area contributed by atoms with Gasteiger partial charge >= 0.3 is 0 Å². The van der Waals surface area contributed by atoms with E-state index in [9.17, 15) is 14.7 Å². The van der Waals surface area contributed by atoms with E-state index in [0.717, 1.165) is 5.56 Å². The number of hydrogen-bond acceptors (Lipinski definition) is 4. The number of rotatable bonds is 3. The molecule has 1 fully saturated rings. The maximum Gasteiger partial charge on any atom is 0.300 e. The summed E-state index contributed by atoms with van der Waals surface area (Å²) in [5, 5.41) is 12.0. The summed E-state index contributed by atoms with van der Waals surface area (Å²) in [6.45, 7) is 1.81. The molecule has 0 bridgehead atoms. The van der Waals surface area contributed by atoms with Crippen LogP contribution in [0.4, 0.5) is 5.69 Å². The Balaban J connectivity index is 1.98. The van der Waals surface area contributed by atoms with Gasteiger partial charge in [-0.2, -0.15) is 0 Å². The normalized spacial score (nSPS) is 17.9. The average molecular weight is 474 g/mol. The Morgan fingerprint density at radius 3 is 2.48 bits per heavy atom. The van der Waals surface area contributed by atoms with Gasteiger partial charge in [0.2, 0.25) is 0 Å². The van der Waals surface area contributed by atoms with E-state index in [1.165, 1.54) is 23.1 Å². The van der Waals surface area contributed by atoms with Crippen molar-refractivity contribution in [3.05, 3.63) is 98.3 Å². The molecule has 156 valence electrons. The lowest BCUT2D eigenvalue weighted by molar-refractivity contribution is -0.132. The van der Waals surface area contributed by atoms with Crippen LogP contribution in [-0.4, -0.2) is 21.8 Å². The van der Waals surface area contributed by atoms with Crippen LogP contribution in [0, 0.1) is 6.92 Å². The number of aromatic nitrogens is 1. The Bertz CT molecular complexity index is 1240. The van der Waals surface area contributed by atoms with Crippen molar-refractivity contribution in [1.82, 2.24) is 4.98 Å². The van der Waals surface area contributed by atoms with Crippen molar-refractivity contribution in [2.24, 2.45) is 0 Å². The number of carbonyl (C=O) groups excluding carboxylic acids is 2. The van der Waals surface area contributed by atoms with Crippen molar-refractivity contribution < 1.29 is 14.7 Å². The van der Waals surface area contributed by atoms with Gasteiger partial charge in [0.05, 0.1) is 21.7 Å². The SMILES string of the molecule is Cc1ccc(Cl)cc1N1C(=O)C(=O)/C(=C(/O)c2ccc(Cl)c(Cl)c2)C1c1cccnc1. The van der Waals surface area contributed by atoms with E-state index in [1.54, 1.807) is 42.7 Å². The molecule has 0 aliphatic carbocycles. The molecule has 3 aromatic rings. The van der Waals surface area contributed by atoms with E-state index in [2.05, 4.69) is 4.98 Å². The van der Waals surface area contributed by atoms with Gasteiger partial charge in [0.1, 0.15) is 5.76 Å². The van der Waals surface area contributed by atoms with Gasteiger partial charge in [-0.25, -0.2) is 0 Å². The second kappa shape index (κ2) is 8.35. The zero-order valence-electron chi connectivity index (χ0n) is 16.1. The number of aryl methyl sites for hydroxylation is 1.